The zero-order chi connectivity index (χ0) is 9.47. The van der Waals surface area contributed by atoms with E-state index in [0.717, 1.165) is 17.8 Å². The van der Waals surface area contributed by atoms with Gasteiger partial charge in [-0.25, -0.2) is 0 Å². The lowest BCUT2D eigenvalue weighted by Gasteiger charge is -2.26. The summed E-state index contributed by atoms with van der Waals surface area (Å²) in [7, 11) is 0. The van der Waals surface area contributed by atoms with Crippen LogP contribution in [0.4, 0.5) is 0 Å². The van der Waals surface area contributed by atoms with Crippen LogP contribution < -0.4 is 5.32 Å². The molecule has 2 aliphatic rings. The molecule has 1 fully saturated rings. The summed E-state index contributed by atoms with van der Waals surface area (Å²) in [5.74, 6) is 2.71. The standard InChI is InChI=1S/C12H21N/c1-12(2,3)13-8-11-7-9-4-5-10(11)6-9/h4-5,9-11,13H,6-8H2,1-3H3/t9-,10-,11-/m0/s1. The molecule has 0 aromatic heterocycles. The highest BCUT2D eigenvalue weighted by molar-refractivity contribution is 5.10. The van der Waals surface area contributed by atoms with Crippen molar-refractivity contribution in [3.05, 3.63) is 12.2 Å². The first-order valence-electron chi connectivity index (χ1n) is 5.48. The van der Waals surface area contributed by atoms with E-state index >= 15 is 0 Å². The van der Waals surface area contributed by atoms with Crippen molar-refractivity contribution in [2.75, 3.05) is 6.54 Å². The van der Waals surface area contributed by atoms with Gasteiger partial charge in [-0.15, -0.1) is 0 Å². The lowest BCUT2D eigenvalue weighted by molar-refractivity contribution is 0.342. The Balaban J connectivity index is 1.81. The molecule has 3 atom stereocenters. The van der Waals surface area contributed by atoms with Gasteiger partial charge < -0.3 is 5.32 Å². The van der Waals surface area contributed by atoms with Gasteiger partial charge in [0.15, 0.2) is 0 Å². The summed E-state index contributed by atoms with van der Waals surface area (Å²) < 4.78 is 0. The van der Waals surface area contributed by atoms with Crippen molar-refractivity contribution in [3.63, 3.8) is 0 Å². The van der Waals surface area contributed by atoms with E-state index in [4.69, 9.17) is 0 Å². The molecule has 1 nitrogen and oxygen atoms in total. The second-order valence-electron chi connectivity index (χ2n) is 5.67. The molecule has 1 heteroatoms. The highest BCUT2D eigenvalue weighted by atomic mass is 14.9. The normalized spacial score (nSPS) is 37.3. The SMILES string of the molecule is CC(C)(C)NC[C@@H]1C[C@H]2C=C[C@H]1C2. The van der Waals surface area contributed by atoms with Crippen molar-refractivity contribution < 1.29 is 0 Å². The van der Waals surface area contributed by atoms with Crippen LogP contribution in [0.1, 0.15) is 33.6 Å². The first-order chi connectivity index (χ1) is 6.04. The quantitative estimate of drug-likeness (QED) is 0.642. The molecule has 1 saturated carbocycles. The molecule has 1 N–H and O–H groups in total. The summed E-state index contributed by atoms with van der Waals surface area (Å²) in [5.41, 5.74) is 0.283. The predicted octanol–water partition coefficient (Wildman–Crippen LogP) is 2.59. The van der Waals surface area contributed by atoms with Crippen LogP contribution in [0.2, 0.25) is 0 Å². The van der Waals surface area contributed by atoms with Crippen molar-refractivity contribution in [1.82, 2.24) is 5.32 Å². The van der Waals surface area contributed by atoms with Crippen molar-refractivity contribution in [3.8, 4) is 0 Å². The summed E-state index contributed by atoms with van der Waals surface area (Å²) >= 11 is 0. The number of hydrogen-bond donors (Lipinski definition) is 1. The number of hydrogen-bond acceptors (Lipinski definition) is 1. The van der Waals surface area contributed by atoms with Gasteiger partial charge in [0.1, 0.15) is 0 Å². The molecule has 2 bridgehead atoms. The van der Waals surface area contributed by atoms with Crippen LogP contribution in [0.25, 0.3) is 0 Å². The van der Waals surface area contributed by atoms with Crippen molar-refractivity contribution in [1.29, 1.82) is 0 Å². The van der Waals surface area contributed by atoms with Gasteiger partial charge in [-0.1, -0.05) is 12.2 Å². The van der Waals surface area contributed by atoms with Gasteiger partial charge in [-0.3, -0.25) is 0 Å². The average Bonchev–Trinajstić information content (AvgIpc) is 2.58. The Morgan fingerprint density at radius 1 is 1.23 bits per heavy atom. The summed E-state index contributed by atoms with van der Waals surface area (Å²) in [5, 5.41) is 3.61. The van der Waals surface area contributed by atoms with E-state index in [1.165, 1.54) is 19.4 Å². The largest absolute Gasteiger partial charge is 0.312 e. The van der Waals surface area contributed by atoms with E-state index in [1.54, 1.807) is 0 Å². The smallest absolute Gasteiger partial charge is 0.00966 e. The molecule has 0 unspecified atom stereocenters. The third kappa shape index (κ3) is 2.14. The maximum absolute atomic E-state index is 3.61. The van der Waals surface area contributed by atoms with Crippen LogP contribution in [0.15, 0.2) is 12.2 Å². The second-order valence-corrected chi connectivity index (χ2v) is 5.67. The molecule has 0 aromatic rings. The van der Waals surface area contributed by atoms with Gasteiger partial charge in [0, 0.05) is 5.54 Å². The van der Waals surface area contributed by atoms with Crippen molar-refractivity contribution >= 4 is 0 Å². The predicted molar refractivity (Wildman–Crippen MR) is 56.6 cm³/mol. The molecule has 0 saturated heterocycles. The van der Waals surface area contributed by atoms with E-state index in [0.29, 0.717) is 0 Å². The van der Waals surface area contributed by atoms with Crippen molar-refractivity contribution in [2.24, 2.45) is 17.8 Å². The fourth-order valence-corrected chi connectivity index (χ4v) is 2.57. The Labute approximate surface area is 81.6 Å². The highest BCUT2D eigenvalue weighted by Gasteiger charge is 2.35. The van der Waals surface area contributed by atoms with Crippen LogP contribution in [0.3, 0.4) is 0 Å². The zero-order valence-corrected chi connectivity index (χ0v) is 9.01. The van der Waals surface area contributed by atoms with Crippen LogP contribution in [0, 0.1) is 17.8 Å². The highest BCUT2D eigenvalue weighted by Crippen LogP contribution is 2.43. The van der Waals surface area contributed by atoms with Gasteiger partial charge in [-0.05, 0) is 57.9 Å². The topological polar surface area (TPSA) is 12.0 Å². The van der Waals surface area contributed by atoms with Crippen LogP contribution >= 0.6 is 0 Å². The van der Waals surface area contributed by atoms with Crippen LogP contribution in [0.5, 0.6) is 0 Å². The van der Waals surface area contributed by atoms with Gasteiger partial charge >= 0.3 is 0 Å². The lowest BCUT2D eigenvalue weighted by atomic mass is 9.92. The molecule has 13 heavy (non-hydrogen) atoms. The molecule has 2 aliphatic carbocycles. The number of fused-ring (bicyclic) bond motifs is 2. The Hall–Kier alpha value is -0.300. The third-order valence-electron chi connectivity index (χ3n) is 3.31. The average molecular weight is 179 g/mol. The second kappa shape index (κ2) is 3.13. The van der Waals surface area contributed by atoms with E-state index < -0.39 is 0 Å². The lowest BCUT2D eigenvalue weighted by Crippen LogP contribution is -2.39. The fourth-order valence-electron chi connectivity index (χ4n) is 2.57. The molecule has 0 amide bonds. The van der Waals surface area contributed by atoms with E-state index in [1.807, 2.05) is 0 Å². The fraction of sp³-hybridized carbons (Fsp3) is 0.833. The van der Waals surface area contributed by atoms with Gasteiger partial charge in [0.25, 0.3) is 0 Å². The molecular formula is C12H21N. The maximum Gasteiger partial charge on any atom is 0.00966 e. The van der Waals surface area contributed by atoms with Gasteiger partial charge in [0.2, 0.25) is 0 Å². The minimum atomic E-state index is 0.283. The Morgan fingerprint density at radius 2 is 2.00 bits per heavy atom. The van der Waals surface area contributed by atoms with Crippen molar-refractivity contribution in [2.45, 2.75) is 39.2 Å². The first kappa shape index (κ1) is 9.26. The summed E-state index contributed by atoms with van der Waals surface area (Å²) in [6.07, 6.45) is 7.70. The molecule has 0 radical (unpaired) electrons. The minimum Gasteiger partial charge on any atom is -0.312 e. The molecule has 0 heterocycles. The van der Waals surface area contributed by atoms with E-state index in [9.17, 15) is 0 Å². The molecule has 0 aromatic carbocycles. The maximum atomic E-state index is 3.61. The number of nitrogens with one attached hydrogen (secondary N) is 1. The third-order valence-corrected chi connectivity index (χ3v) is 3.31. The molecule has 2 rings (SSSR count). The van der Waals surface area contributed by atoms with E-state index in [-0.39, 0.29) is 5.54 Å². The Kier molecular flexibility index (Phi) is 2.23. The van der Waals surface area contributed by atoms with Gasteiger partial charge in [0.05, 0.1) is 0 Å². The number of rotatable bonds is 2. The molecular weight excluding hydrogens is 158 g/mol. The Morgan fingerprint density at radius 3 is 2.46 bits per heavy atom. The monoisotopic (exact) mass is 179 g/mol. The summed E-state index contributed by atoms with van der Waals surface area (Å²) in [6.45, 7) is 7.94. The Bertz CT molecular complexity index is 212. The van der Waals surface area contributed by atoms with E-state index in [2.05, 4.69) is 38.2 Å². The first-order valence-corrected chi connectivity index (χ1v) is 5.48. The van der Waals surface area contributed by atoms with Crippen LogP contribution in [-0.2, 0) is 0 Å². The minimum absolute atomic E-state index is 0.283. The van der Waals surface area contributed by atoms with Gasteiger partial charge in [-0.2, -0.15) is 0 Å². The molecule has 74 valence electrons. The summed E-state index contributed by atoms with van der Waals surface area (Å²) in [6, 6.07) is 0. The molecule has 0 spiro atoms. The zero-order valence-electron chi connectivity index (χ0n) is 9.01. The van der Waals surface area contributed by atoms with Crippen LogP contribution in [-0.4, -0.2) is 12.1 Å². The molecule has 0 aliphatic heterocycles. The number of allylic oxidation sites excluding steroid dienone is 2. The summed E-state index contributed by atoms with van der Waals surface area (Å²) in [4.78, 5) is 0.